The topological polar surface area (TPSA) is 15.3 Å². The second-order valence-corrected chi connectivity index (χ2v) is 6.18. The van der Waals surface area contributed by atoms with Crippen LogP contribution >= 0.6 is 15.9 Å². The first-order valence-corrected chi connectivity index (χ1v) is 8.00. The molecule has 1 heterocycles. The third-order valence-corrected chi connectivity index (χ3v) is 4.52. The van der Waals surface area contributed by atoms with Crippen molar-refractivity contribution < 1.29 is 8.78 Å². The smallest absolute Gasteiger partial charge is 0.149 e. The lowest BCUT2D eigenvalue weighted by atomic mass is 10.0. The van der Waals surface area contributed by atoms with E-state index in [1.165, 1.54) is 0 Å². The van der Waals surface area contributed by atoms with Crippen molar-refractivity contribution in [2.45, 2.75) is 45.2 Å². The Morgan fingerprint density at radius 3 is 2.70 bits per heavy atom. The van der Waals surface area contributed by atoms with Gasteiger partial charge in [0.2, 0.25) is 0 Å². The van der Waals surface area contributed by atoms with Gasteiger partial charge >= 0.3 is 0 Å². The van der Waals surface area contributed by atoms with Crippen molar-refractivity contribution in [1.29, 1.82) is 0 Å². The molecule has 1 saturated heterocycles. The largest absolute Gasteiger partial charge is 0.363 e. The van der Waals surface area contributed by atoms with Gasteiger partial charge in [0.05, 0.1) is 10.2 Å². The van der Waals surface area contributed by atoms with E-state index in [9.17, 15) is 8.78 Å². The summed E-state index contributed by atoms with van der Waals surface area (Å²) in [5.74, 6) is -1.04. The Labute approximate surface area is 127 Å². The summed E-state index contributed by atoms with van der Waals surface area (Å²) in [7, 11) is 0. The van der Waals surface area contributed by atoms with E-state index in [0.717, 1.165) is 38.4 Å². The molecular formula is C15H21BrF2N2. The molecule has 20 heavy (non-hydrogen) atoms. The van der Waals surface area contributed by atoms with Crippen LogP contribution in [0.25, 0.3) is 0 Å². The summed E-state index contributed by atoms with van der Waals surface area (Å²) in [6.07, 6.45) is 3.09. The maximum absolute atomic E-state index is 14.1. The number of anilines is 1. The third-order valence-electron chi connectivity index (χ3n) is 3.91. The molecule has 0 aromatic heterocycles. The van der Waals surface area contributed by atoms with Crippen LogP contribution in [0.4, 0.5) is 14.5 Å². The van der Waals surface area contributed by atoms with Gasteiger partial charge in [-0.2, -0.15) is 0 Å². The highest BCUT2D eigenvalue weighted by atomic mass is 79.9. The Hall–Kier alpha value is -0.680. The van der Waals surface area contributed by atoms with Crippen LogP contribution in [0.3, 0.4) is 0 Å². The summed E-state index contributed by atoms with van der Waals surface area (Å²) in [4.78, 5) is 2.08. The van der Waals surface area contributed by atoms with Crippen molar-refractivity contribution in [1.82, 2.24) is 5.32 Å². The number of nitrogens with one attached hydrogen (secondary N) is 1. The standard InChI is InChI=1S/C15H21BrF2N2/c1-3-5-10-9-20(11(4-2)8-19-10)15-6-12(16)13(17)7-14(15)18/h6-7,10-11,19H,3-5,8-9H2,1-2H3. The minimum atomic E-state index is -0.556. The fourth-order valence-electron chi connectivity index (χ4n) is 2.80. The molecule has 0 spiro atoms. The molecule has 1 N–H and O–H groups in total. The first-order valence-electron chi connectivity index (χ1n) is 7.21. The van der Waals surface area contributed by atoms with E-state index in [1.807, 2.05) is 0 Å². The maximum Gasteiger partial charge on any atom is 0.149 e. The van der Waals surface area contributed by atoms with Crippen molar-refractivity contribution in [2.75, 3.05) is 18.0 Å². The van der Waals surface area contributed by atoms with Crippen molar-refractivity contribution in [2.24, 2.45) is 0 Å². The molecule has 2 unspecified atom stereocenters. The van der Waals surface area contributed by atoms with Crippen LogP contribution in [0.1, 0.15) is 33.1 Å². The lowest BCUT2D eigenvalue weighted by molar-refractivity contribution is 0.366. The Morgan fingerprint density at radius 1 is 1.30 bits per heavy atom. The van der Waals surface area contributed by atoms with E-state index >= 15 is 0 Å². The summed E-state index contributed by atoms with van der Waals surface area (Å²) in [6.45, 7) is 5.85. The minimum Gasteiger partial charge on any atom is -0.363 e. The number of benzene rings is 1. The zero-order chi connectivity index (χ0) is 14.7. The van der Waals surface area contributed by atoms with Crippen molar-refractivity contribution in [3.8, 4) is 0 Å². The predicted molar refractivity (Wildman–Crippen MR) is 82.2 cm³/mol. The average Bonchev–Trinajstić information content (AvgIpc) is 2.43. The second kappa shape index (κ2) is 6.85. The van der Waals surface area contributed by atoms with Gasteiger partial charge in [0, 0.05) is 31.2 Å². The molecule has 1 fully saturated rings. The second-order valence-electron chi connectivity index (χ2n) is 5.33. The molecule has 1 aromatic carbocycles. The quantitative estimate of drug-likeness (QED) is 0.826. The Morgan fingerprint density at radius 2 is 2.05 bits per heavy atom. The van der Waals surface area contributed by atoms with Gasteiger partial charge < -0.3 is 10.2 Å². The minimum absolute atomic E-state index is 0.245. The van der Waals surface area contributed by atoms with Crippen LogP contribution in [-0.2, 0) is 0 Å². The van der Waals surface area contributed by atoms with E-state index in [-0.39, 0.29) is 6.04 Å². The van der Waals surface area contributed by atoms with E-state index in [4.69, 9.17) is 0 Å². The molecule has 0 radical (unpaired) electrons. The number of halogens is 3. The van der Waals surface area contributed by atoms with E-state index in [0.29, 0.717) is 16.2 Å². The fourth-order valence-corrected chi connectivity index (χ4v) is 3.13. The Kier molecular flexibility index (Phi) is 5.38. The average molecular weight is 347 g/mol. The molecule has 5 heteroatoms. The van der Waals surface area contributed by atoms with Crippen molar-refractivity contribution >= 4 is 21.6 Å². The Balaban J connectivity index is 2.28. The lowest BCUT2D eigenvalue weighted by Crippen LogP contribution is -2.56. The molecule has 1 aliphatic rings. The molecule has 0 amide bonds. The molecule has 112 valence electrons. The molecular weight excluding hydrogens is 326 g/mol. The summed E-state index contributed by atoms with van der Waals surface area (Å²) in [5.41, 5.74) is 0.493. The number of rotatable bonds is 4. The molecule has 0 saturated carbocycles. The highest BCUT2D eigenvalue weighted by molar-refractivity contribution is 9.10. The maximum atomic E-state index is 14.1. The lowest BCUT2D eigenvalue weighted by Gasteiger charge is -2.42. The van der Waals surface area contributed by atoms with Gasteiger partial charge in [0.15, 0.2) is 0 Å². The summed E-state index contributed by atoms with van der Waals surface area (Å²) >= 11 is 3.15. The highest BCUT2D eigenvalue weighted by Crippen LogP contribution is 2.30. The summed E-state index contributed by atoms with van der Waals surface area (Å²) < 4.78 is 27.8. The molecule has 0 bridgehead atoms. The van der Waals surface area contributed by atoms with Crippen LogP contribution in [0.2, 0.25) is 0 Å². The van der Waals surface area contributed by atoms with Gasteiger partial charge in [-0.25, -0.2) is 8.78 Å². The fraction of sp³-hybridized carbons (Fsp3) is 0.600. The van der Waals surface area contributed by atoms with Gasteiger partial charge in [0.25, 0.3) is 0 Å². The van der Waals surface area contributed by atoms with Gasteiger partial charge in [0.1, 0.15) is 11.6 Å². The van der Waals surface area contributed by atoms with Gasteiger partial charge in [-0.05, 0) is 34.8 Å². The normalized spacial score (nSPS) is 23.1. The van der Waals surface area contributed by atoms with Gasteiger partial charge in [-0.1, -0.05) is 20.3 Å². The predicted octanol–water partition coefficient (Wildman–Crippen LogP) is 4.08. The van der Waals surface area contributed by atoms with Crippen LogP contribution in [0.15, 0.2) is 16.6 Å². The number of hydrogen-bond donors (Lipinski definition) is 1. The zero-order valence-corrected chi connectivity index (χ0v) is 13.5. The van der Waals surface area contributed by atoms with Gasteiger partial charge in [-0.3, -0.25) is 0 Å². The van der Waals surface area contributed by atoms with Gasteiger partial charge in [-0.15, -0.1) is 0 Å². The van der Waals surface area contributed by atoms with Crippen LogP contribution in [0, 0.1) is 11.6 Å². The monoisotopic (exact) mass is 346 g/mol. The SMILES string of the molecule is CCCC1CN(c2cc(Br)c(F)cc2F)C(CC)CN1. The van der Waals surface area contributed by atoms with Crippen LogP contribution in [-0.4, -0.2) is 25.2 Å². The van der Waals surface area contributed by atoms with Crippen molar-refractivity contribution in [3.63, 3.8) is 0 Å². The molecule has 2 rings (SSSR count). The molecule has 1 aliphatic heterocycles. The Bertz CT molecular complexity index is 467. The summed E-state index contributed by atoms with van der Waals surface area (Å²) in [5, 5.41) is 3.52. The van der Waals surface area contributed by atoms with E-state index in [2.05, 4.69) is 40.0 Å². The number of hydrogen-bond acceptors (Lipinski definition) is 2. The third kappa shape index (κ3) is 3.31. The zero-order valence-electron chi connectivity index (χ0n) is 11.9. The number of nitrogens with zero attached hydrogens (tertiary/aromatic N) is 1. The molecule has 1 aromatic rings. The van der Waals surface area contributed by atoms with E-state index in [1.54, 1.807) is 6.07 Å². The molecule has 0 aliphatic carbocycles. The number of piperazine rings is 1. The van der Waals surface area contributed by atoms with E-state index < -0.39 is 11.6 Å². The first kappa shape index (κ1) is 15.7. The summed E-state index contributed by atoms with van der Waals surface area (Å²) in [6, 6.07) is 3.13. The molecule has 2 nitrogen and oxygen atoms in total. The van der Waals surface area contributed by atoms with Crippen molar-refractivity contribution in [3.05, 3.63) is 28.2 Å². The van der Waals surface area contributed by atoms with Crippen LogP contribution in [0.5, 0.6) is 0 Å². The first-order chi connectivity index (χ1) is 9.56. The highest BCUT2D eigenvalue weighted by Gasteiger charge is 2.28. The van der Waals surface area contributed by atoms with Crippen LogP contribution < -0.4 is 10.2 Å². The molecule has 2 atom stereocenters.